The van der Waals surface area contributed by atoms with Gasteiger partial charge in [-0.15, -0.1) is 4.57 Å². The van der Waals surface area contributed by atoms with Gasteiger partial charge in [-0.1, -0.05) is 42.5 Å². The monoisotopic (exact) mass is 369 g/mol. The molecule has 0 fully saturated rings. The van der Waals surface area contributed by atoms with Gasteiger partial charge in [0, 0.05) is 6.07 Å². The van der Waals surface area contributed by atoms with Gasteiger partial charge in [0.05, 0.1) is 6.61 Å². The number of nitrogens with zero attached hydrogens (tertiary/aromatic N) is 1. The molecule has 0 radical (unpaired) electrons. The number of ether oxygens (including phenoxy) is 1. The fourth-order valence-corrected chi connectivity index (χ4v) is 2.50. The van der Waals surface area contributed by atoms with Gasteiger partial charge in [0.1, 0.15) is 0 Å². The second-order valence-electron chi connectivity index (χ2n) is 5.51. The van der Waals surface area contributed by atoms with E-state index in [0.29, 0.717) is 12.7 Å². The van der Waals surface area contributed by atoms with Gasteiger partial charge in [-0.3, -0.25) is 0 Å². The number of hydrogen-bond donors (Lipinski definition) is 0. The van der Waals surface area contributed by atoms with Crippen LogP contribution in [0.25, 0.3) is 11.1 Å². The lowest BCUT2D eigenvalue weighted by Crippen LogP contribution is -2.32. The summed E-state index contributed by atoms with van der Waals surface area (Å²) in [5, 5.41) is 0. The van der Waals surface area contributed by atoms with Crippen LogP contribution in [0.4, 0.5) is 17.3 Å². The van der Waals surface area contributed by atoms with Crippen LogP contribution in [0, 0.1) is 0 Å². The minimum absolute atomic E-state index is 0.603. The molecule has 0 amide bonds. The number of halogens is 4. The highest BCUT2D eigenvalue weighted by Gasteiger charge is 2.22. The van der Waals surface area contributed by atoms with Crippen molar-refractivity contribution < 1.29 is 31.0 Å². The molecular weight excluding hydrogens is 349 g/mol. The van der Waals surface area contributed by atoms with Crippen LogP contribution in [-0.4, -0.2) is 13.9 Å². The number of hydrogen-bond acceptors (Lipinski definition) is 2. The molecule has 3 rings (SSSR count). The van der Waals surface area contributed by atoms with Crippen molar-refractivity contribution in [1.29, 1.82) is 0 Å². The van der Waals surface area contributed by atoms with E-state index < -0.39 is 7.25 Å². The summed E-state index contributed by atoms with van der Waals surface area (Å²) in [5.41, 5.74) is 3.30. The maximum absolute atomic E-state index is 9.75. The third-order valence-electron chi connectivity index (χ3n) is 3.57. The van der Waals surface area contributed by atoms with Crippen molar-refractivity contribution in [2.24, 2.45) is 0 Å². The second kappa shape index (κ2) is 9.26. The summed E-state index contributed by atoms with van der Waals surface area (Å²) in [6.07, 6.45) is 2.60. The molecule has 1 aromatic heterocycles. The average Bonchev–Trinajstić information content (AvgIpc) is 2.95. The van der Waals surface area contributed by atoms with E-state index in [1.165, 1.54) is 5.56 Å². The van der Waals surface area contributed by atoms with Gasteiger partial charge in [0.15, 0.2) is 6.54 Å². The SMILES string of the molecule is CC[n+]1c(OCCCc2ccccc2)oc2ccccc21.F[B-](F)(F)F. The van der Waals surface area contributed by atoms with Crippen molar-refractivity contribution in [2.75, 3.05) is 6.61 Å². The van der Waals surface area contributed by atoms with Crippen LogP contribution in [0.5, 0.6) is 6.08 Å². The van der Waals surface area contributed by atoms with Gasteiger partial charge < -0.3 is 26.4 Å². The summed E-state index contributed by atoms with van der Waals surface area (Å²) in [6.45, 7) is 3.60. The molecule has 0 unspecified atom stereocenters. The van der Waals surface area contributed by atoms with Crippen molar-refractivity contribution in [1.82, 2.24) is 0 Å². The number of oxazole rings is 1. The fourth-order valence-electron chi connectivity index (χ4n) is 2.50. The van der Waals surface area contributed by atoms with Crippen LogP contribution in [0.3, 0.4) is 0 Å². The smallest absolute Gasteiger partial charge is 0.418 e. The molecule has 0 aliphatic heterocycles. The first kappa shape index (κ1) is 19.8. The van der Waals surface area contributed by atoms with Crippen LogP contribution >= 0.6 is 0 Å². The fraction of sp³-hybridized carbons (Fsp3) is 0.278. The molecule has 0 aliphatic rings. The predicted octanol–water partition coefficient (Wildman–Crippen LogP) is 5.05. The molecule has 0 spiro atoms. The molecular formula is C18H20BF4NO2. The van der Waals surface area contributed by atoms with Crippen molar-refractivity contribution in [3.05, 3.63) is 60.2 Å². The van der Waals surface area contributed by atoms with Crippen LogP contribution in [0.2, 0.25) is 0 Å². The number of para-hydroxylation sites is 2. The van der Waals surface area contributed by atoms with E-state index in [1.807, 2.05) is 24.3 Å². The largest absolute Gasteiger partial charge is 0.673 e. The summed E-state index contributed by atoms with van der Waals surface area (Å²) in [5.74, 6) is 0. The minimum Gasteiger partial charge on any atom is -0.418 e. The van der Waals surface area contributed by atoms with E-state index in [1.54, 1.807) is 0 Å². The summed E-state index contributed by atoms with van der Waals surface area (Å²) in [7, 11) is -6.00. The highest BCUT2D eigenvalue weighted by Crippen LogP contribution is 2.18. The number of fused-ring (bicyclic) bond motifs is 1. The quantitative estimate of drug-likeness (QED) is 0.263. The van der Waals surface area contributed by atoms with Crippen molar-refractivity contribution in [3.63, 3.8) is 0 Å². The molecule has 140 valence electrons. The second-order valence-corrected chi connectivity index (χ2v) is 5.51. The van der Waals surface area contributed by atoms with Gasteiger partial charge in [-0.05, 0) is 31.4 Å². The molecule has 0 bridgehead atoms. The van der Waals surface area contributed by atoms with Crippen molar-refractivity contribution in [2.45, 2.75) is 26.3 Å². The summed E-state index contributed by atoms with van der Waals surface area (Å²) in [4.78, 5) is 0. The highest BCUT2D eigenvalue weighted by molar-refractivity contribution is 6.50. The molecule has 0 saturated carbocycles. The molecule has 0 saturated heterocycles. The summed E-state index contributed by atoms with van der Waals surface area (Å²) >= 11 is 0. The molecule has 26 heavy (non-hydrogen) atoms. The average molecular weight is 369 g/mol. The number of rotatable bonds is 6. The Balaban J connectivity index is 0.000000431. The first-order valence-corrected chi connectivity index (χ1v) is 8.34. The first-order valence-electron chi connectivity index (χ1n) is 8.34. The topological polar surface area (TPSA) is 26.2 Å². The van der Waals surface area contributed by atoms with E-state index in [4.69, 9.17) is 9.15 Å². The lowest BCUT2D eigenvalue weighted by molar-refractivity contribution is -0.678. The lowest BCUT2D eigenvalue weighted by atomic mass is 10.1. The Labute approximate surface area is 149 Å². The maximum atomic E-state index is 9.75. The Morgan fingerprint density at radius 1 is 0.962 bits per heavy atom. The molecule has 2 aromatic carbocycles. The standard InChI is InChI=1S/C18H20NO2.BF4/c1-2-19-16-12-6-7-13-17(16)21-18(19)20-14-8-11-15-9-4-3-5-10-15;2-1(3,4)5/h3-7,9-10,12-13H,2,8,11,14H2,1H3;/q+1;-1. The zero-order valence-corrected chi connectivity index (χ0v) is 14.4. The van der Waals surface area contributed by atoms with Gasteiger partial charge in [0.25, 0.3) is 5.52 Å². The molecule has 0 N–H and O–H groups in total. The summed E-state index contributed by atoms with van der Waals surface area (Å²) in [6, 6.07) is 18.5. The molecule has 3 nitrogen and oxygen atoms in total. The number of benzene rings is 2. The third-order valence-corrected chi connectivity index (χ3v) is 3.57. The maximum Gasteiger partial charge on any atom is 0.673 e. The number of aryl methyl sites for hydroxylation is 2. The van der Waals surface area contributed by atoms with Crippen LogP contribution in [0.1, 0.15) is 18.9 Å². The molecule has 8 heteroatoms. The summed E-state index contributed by atoms with van der Waals surface area (Å²) < 4.78 is 52.7. The van der Waals surface area contributed by atoms with Gasteiger partial charge in [-0.25, -0.2) is 0 Å². The molecule has 1 heterocycles. The molecule has 3 aromatic rings. The van der Waals surface area contributed by atoms with Crippen molar-refractivity contribution in [3.8, 4) is 6.08 Å². The minimum atomic E-state index is -6.00. The normalized spacial score (nSPS) is 11.1. The van der Waals surface area contributed by atoms with Crippen LogP contribution < -0.4 is 9.30 Å². The van der Waals surface area contributed by atoms with Crippen molar-refractivity contribution >= 4 is 18.4 Å². The van der Waals surface area contributed by atoms with E-state index in [-0.39, 0.29) is 0 Å². The molecule has 0 atom stereocenters. The zero-order chi connectivity index (χ0) is 19.0. The highest BCUT2D eigenvalue weighted by atomic mass is 19.5. The van der Waals surface area contributed by atoms with Gasteiger partial charge in [0.2, 0.25) is 5.58 Å². The Bertz CT molecular complexity index is 800. The Morgan fingerprint density at radius 2 is 1.58 bits per heavy atom. The van der Waals surface area contributed by atoms with E-state index in [2.05, 4.69) is 41.8 Å². The third kappa shape index (κ3) is 6.42. The Hall–Kier alpha value is -2.51. The zero-order valence-electron chi connectivity index (χ0n) is 14.4. The Kier molecular flexibility index (Phi) is 7.06. The van der Waals surface area contributed by atoms with E-state index in [9.17, 15) is 17.3 Å². The lowest BCUT2D eigenvalue weighted by Gasteiger charge is -2.01. The van der Waals surface area contributed by atoms with Crippen LogP contribution in [-0.2, 0) is 13.0 Å². The molecule has 0 aliphatic carbocycles. The van der Waals surface area contributed by atoms with Gasteiger partial charge >= 0.3 is 13.3 Å². The van der Waals surface area contributed by atoms with Gasteiger partial charge in [-0.2, -0.15) is 0 Å². The van der Waals surface area contributed by atoms with Crippen LogP contribution in [0.15, 0.2) is 59.0 Å². The van der Waals surface area contributed by atoms with E-state index >= 15 is 0 Å². The first-order chi connectivity index (χ1) is 12.4. The number of aromatic nitrogens is 1. The van der Waals surface area contributed by atoms with E-state index in [0.717, 1.165) is 30.5 Å². The Morgan fingerprint density at radius 3 is 2.23 bits per heavy atom. The predicted molar refractivity (Wildman–Crippen MR) is 92.5 cm³/mol.